The molecule has 0 spiro atoms. The van der Waals surface area contributed by atoms with Crippen molar-refractivity contribution in [2.24, 2.45) is 0 Å². The second-order valence-electron chi connectivity index (χ2n) is 9.92. The van der Waals surface area contributed by atoms with Crippen LogP contribution < -0.4 is 4.74 Å². The molecule has 2 aromatic carbocycles. The normalized spacial score (nSPS) is 11.8. The van der Waals surface area contributed by atoms with Crippen LogP contribution in [-0.2, 0) is 5.41 Å². The van der Waals surface area contributed by atoms with E-state index in [1.165, 1.54) is 16.3 Å². The summed E-state index contributed by atoms with van der Waals surface area (Å²) >= 11 is 0. The number of ether oxygens (including phenoxy) is 1. The number of hydrogen-bond donors (Lipinski definition) is 0. The van der Waals surface area contributed by atoms with E-state index >= 15 is 0 Å². The lowest BCUT2D eigenvalue weighted by Gasteiger charge is -2.20. The molecule has 36 heavy (non-hydrogen) atoms. The molecule has 0 saturated carbocycles. The minimum absolute atomic E-state index is 0.0291. The van der Waals surface area contributed by atoms with Gasteiger partial charge in [-0.1, -0.05) is 57.2 Å². The lowest BCUT2D eigenvalue weighted by molar-refractivity contribution is 0.461. The maximum Gasteiger partial charge on any atom is 0.219 e. The maximum absolute atomic E-state index is 5.93. The molecule has 4 heterocycles. The summed E-state index contributed by atoms with van der Waals surface area (Å²) in [4.78, 5) is 13.5. The third kappa shape index (κ3) is 3.99. The maximum atomic E-state index is 5.93. The van der Waals surface area contributed by atoms with Crippen LogP contribution in [0.15, 0.2) is 104 Å². The molecule has 0 amide bonds. The van der Waals surface area contributed by atoms with Crippen LogP contribution >= 0.6 is 0 Å². The summed E-state index contributed by atoms with van der Waals surface area (Å²) in [6, 6.07) is 26.9. The Bertz CT molecular complexity index is 1700. The van der Waals surface area contributed by atoms with Gasteiger partial charge in [-0.25, -0.2) is 9.97 Å². The van der Waals surface area contributed by atoms with Gasteiger partial charge in [0.25, 0.3) is 0 Å². The number of hydrogen-bond acceptors (Lipinski definition) is 4. The molecule has 0 fully saturated rings. The van der Waals surface area contributed by atoms with Gasteiger partial charge >= 0.3 is 0 Å². The number of para-hydroxylation sites is 1. The highest BCUT2D eigenvalue weighted by Gasteiger charge is 2.18. The van der Waals surface area contributed by atoms with Crippen LogP contribution in [0, 0.1) is 0 Å². The van der Waals surface area contributed by atoms with E-state index in [2.05, 4.69) is 89.9 Å². The molecule has 6 aromatic rings. The Morgan fingerprint density at radius 1 is 0.694 bits per heavy atom. The van der Waals surface area contributed by atoms with Crippen molar-refractivity contribution in [2.75, 3.05) is 0 Å². The summed E-state index contributed by atoms with van der Waals surface area (Å²) < 4.78 is 8.18. The number of rotatable bonds is 4. The average molecular weight is 471 g/mol. The highest BCUT2D eigenvalue weighted by molar-refractivity contribution is 6.10. The van der Waals surface area contributed by atoms with Crippen molar-refractivity contribution in [1.29, 1.82) is 0 Å². The molecule has 4 aromatic heterocycles. The van der Waals surface area contributed by atoms with Gasteiger partial charge in [0.15, 0.2) is 0 Å². The van der Waals surface area contributed by atoms with Crippen LogP contribution in [0.4, 0.5) is 0 Å². The molecule has 0 aliphatic rings. The van der Waals surface area contributed by atoms with E-state index in [0.29, 0.717) is 11.6 Å². The topological polar surface area (TPSA) is 52.8 Å². The van der Waals surface area contributed by atoms with Crippen molar-refractivity contribution in [3.8, 4) is 28.6 Å². The molecule has 0 bridgehead atoms. The average Bonchev–Trinajstić information content (AvgIpc) is 3.23. The quantitative estimate of drug-likeness (QED) is 0.265. The number of benzene rings is 2. The first kappa shape index (κ1) is 22.0. The van der Waals surface area contributed by atoms with E-state index in [1.807, 2.05) is 36.7 Å². The van der Waals surface area contributed by atoms with Gasteiger partial charge in [0.2, 0.25) is 5.88 Å². The zero-order valence-electron chi connectivity index (χ0n) is 20.5. The highest BCUT2D eigenvalue weighted by atomic mass is 16.5. The molecule has 0 unspecified atom stereocenters. The molecule has 5 nitrogen and oxygen atoms in total. The van der Waals surface area contributed by atoms with E-state index < -0.39 is 0 Å². The number of nitrogens with zero attached hydrogens (tertiary/aromatic N) is 4. The third-order valence-electron chi connectivity index (χ3n) is 6.42. The summed E-state index contributed by atoms with van der Waals surface area (Å²) in [5, 5.41) is 2.39. The Labute approximate surface area is 210 Å². The number of pyridine rings is 3. The summed E-state index contributed by atoms with van der Waals surface area (Å²) in [5.74, 6) is 2.10. The summed E-state index contributed by atoms with van der Waals surface area (Å²) in [6.45, 7) is 6.68. The van der Waals surface area contributed by atoms with E-state index in [9.17, 15) is 0 Å². The molecule has 0 radical (unpaired) electrons. The lowest BCUT2D eigenvalue weighted by atomic mass is 9.88. The fourth-order valence-electron chi connectivity index (χ4n) is 4.56. The molecular formula is C31H26N4O. The van der Waals surface area contributed by atoms with Crippen LogP contribution in [-0.4, -0.2) is 19.5 Å². The van der Waals surface area contributed by atoms with Gasteiger partial charge < -0.3 is 4.74 Å². The van der Waals surface area contributed by atoms with E-state index in [-0.39, 0.29) is 5.41 Å². The summed E-state index contributed by atoms with van der Waals surface area (Å²) in [5.41, 5.74) is 5.53. The Balaban J connectivity index is 1.51. The first-order valence-corrected chi connectivity index (χ1v) is 12.0. The summed E-state index contributed by atoms with van der Waals surface area (Å²) in [7, 11) is 0. The number of aromatic nitrogens is 4. The molecule has 5 heteroatoms. The Morgan fingerprint density at radius 3 is 2.36 bits per heavy atom. The van der Waals surface area contributed by atoms with Crippen molar-refractivity contribution in [1.82, 2.24) is 19.5 Å². The van der Waals surface area contributed by atoms with Crippen LogP contribution in [0.2, 0.25) is 0 Å². The van der Waals surface area contributed by atoms with E-state index in [1.54, 1.807) is 12.4 Å². The minimum atomic E-state index is 0.0291. The van der Waals surface area contributed by atoms with Gasteiger partial charge in [-0.15, -0.1) is 0 Å². The highest BCUT2D eigenvalue weighted by Crippen LogP contribution is 2.35. The molecule has 0 saturated heterocycles. The smallest absolute Gasteiger partial charge is 0.219 e. The predicted molar refractivity (Wildman–Crippen MR) is 145 cm³/mol. The zero-order chi connectivity index (χ0) is 24.7. The van der Waals surface area contributed by atoms with Crippen molar-refractivity contribution in [3.63, 3.8) is 0 Å². The second kappa shape index (κ2) is 8.61. The fraction of sp³-hybridized carbons (Fsp3) is 0.129. The van der Waals surface area contributed by atoms with Crippen molar-refractivity contribution in [2.45, 2.75) is 26.2 Å². The third-order valence-corrected chi connectivity index (χ3v) is 6.42. The Kier molecular flexibility index (Phi) is 5.26. The number of fused-ring (bicyclic) bond motifs is 3. The molecule has 0 aliphatic carbocycles. The molecule has 6 rings (SSSR count). The van der Waals surface area contributed by atoms with Gasteiger partial charge in [-0.3, -0.25) is 9.55 Å². The second-order valence-corrected chi connectivity index (χ2v) is 9.92. The first-order valence-electron chi connectivity index (χ1n) is 12.0. The Morgan fingerprint density at radius 2 is 1.53 bits per heavy atom. The van der Waals surface area contributed by atoms with Crippen LogP contribution in [0.3, 0.4) is 0 Å². The predicted octanol–water partition coefficient (Wildman–Crippen LogP) is 7.73. The fourth-order valence-corrected chi connectivity index (χ4v) is 4.56. The summed E-state index contributed by atoms with van der Waals surface area (Å²) in [6.07, 6.45) is 7.18. The van der Waals surface area contributed by atoms with E-state index in [0.717, 1.165) is 28.0 Å². The standard InChI is InChI=1S/C31H26N4O/c1-31(2,3)23-13-15-33-29(18-23)35-27-9-5-4-8-25(27)26-12-11-21(17-28(26)35)22-16-24(20-32-19-22)36-30-10-6-7-14-34-30/h4-20H,1-3H3. The van der Waals surface area contributed by atoms with Gasteiger partial charge in [0.05, 0.1) is 17.2 Å². The minimum Gasteiger partial charge on any atom is -0.437 e. The van der Waals surface area contributed by atoms with Crippen molar-refractivity contribution in [3.05, 3.63) is 109 Å². The lowest BCUT2D eigenvalue weighted by Crippen LogP contribution is -2.12. The monoisotopic (exact) mass is 470 g/mol. The van der Waals surface area contributed by atoms with Crippen LogP contribution in [0.5, 0.6) is 11.6 Å². The molecule has 176 valence electrons. The van der Waals surface area contributed by atoms with Gasteiger partial charge in [-0.05, 0) is 52.9 Å². The van der Waals surface area contributed by atoms with Crippen LogP contribution in [0.25, 0.3) is 38.8 Å². The first-order chi connectivity index (χ1) is 17.5. The zero-order valence-corrected chi connectivity index (χ0v) is 20.5. The Hall–Kier alpha value is -4.51. The molecular weight excluding hydrogens is 444 g/mol. The SMILES string of the molecule is CC(C)(C)c1ccnc(-n2c3ccccc3c3ccc(-c4cncc(Oc5ccccn5)c4)cc32)c1. The van der Waals surface area contributed by atoms with E-state index in [4.69, 9.17) is 9.72 Å². The van der Waals surface area contributed by atoms with Crippen molar-refractivity contribution >= 4 is 21.8 Å². The molecule has 0 aliphatic heterocycles. The van der Waals surface area contributed by atoms with Gasteiger partial charge in [0.1, 0.15) is 11.6 Å². The van der Waals surface area contributed by atoms with Gasteiger partial charge in [0, 0.05) is 41.0 Å². The van der Waals surface area contributed by atoms with Crippen LogP contribution in [0.1, 0.15) is 26.3 Å². The molecule has 0 atom stereocenters. The van der Waals surface area contributed by atoms with Gasteiger partial charge in [-0.2, -0.15) is 0 Å². The molecule has 0 N–H and O–H groups in total. The largest absolute Gasteiger partial charge is 0.437 e. The van der Waals surface area contributed by atoms with Crippen molar-refractivity contribution < 1.29 is 4.74 Å².